The summed E-state index contributed by atoms with van der Waals surface area (Å²) in [6.45, 7) is 3.47. The number of carboxylic acids is 1. The molecule has 0 saturated heterocycles. The van der Waals surface area contributed by atoms with Crippen molar-refractivity contribution in [2.75, 3.05) is 6.54 Å². The van der Waals surface area contributed by atoms with Crippen molar-refractivity contribution < 1.29 is 14.7 Å². The van der Waals surface area contributed by atoms with Gasteiger partial charge in [0.25, 0.3) is 0 Å². The fourth-order valence-electron chi connectivity index (χ4n) is 1.73. The van der Waals surface area contributed by atoms with Crippen LogP contribution in [0.25, 0.3) is 0 Å². The van der Waals surface area contributed by atoms with Crippen LogP contribution in [0.15, 0.2) is 30.3 Å². The number of carbonyl (C=O) groups excluding carboxylic acids is 1. The zero-order valence-electron chi connectivity index (χ0n) is 11.9. The van der Waals surface area contributed by atoms with Gasteiger partial charge in [-0.1, -0.05) is 37.3 Å². The smallest absolute Gasteiger partial charge is 0.311 e. The minimum absolute atomic E-state index is 0.0835. The van der Waals surface area contributed by atoms with Crippen LogP contribution in [0.1, 0.15) is 25.8 Å². The van der Waals surface area contributed by atoms with Gasteiger partial charge in [0.1, 0.15) is 0 Å². The van der Waals surface area contributed by atoms with E-state index in [9.17, 15) is 9.59 Å². The molecule has 0 fully saturated rings. The van der Waals surface area contributed by atoms with Gasteiger partial charge in [-0.3, -0.25) is 9.59 Å². The Morgan fingerprint density at radius 1 is 1.35 bits per heavy atom. The predicted molar refractivity (Wildman–Crippen MR) is 77.2 cm³/mol. The summed E-state index contributed by atoms with van der Waals surface area (Å²) in [4.78, 5) is 23.0. The molecule has 1 amide bonds. The molecule has 20 heavy (non-hydrogen) atoms. The third kappa shape index (κ3) is 4.35. The second-order valence-electron chi connectivity index (χ2n) is 5.23. The quantitative estimate of drug-likeness (QED) is 0.698. The van der Waals surface area contributed by atoms with E-state index in [1.165, 1.54) is 0 Å². The minimum Gasteiger partial charge on any atom is -0.481 e. The lowest BCUT2D eigenvalue weighted by Gasteiger charge is -2.24. The molecule has 1 rings (SSSR count). The van der Waals surface area contributed by atoms with Crippen molar-refractivity contribution in [3.05, 3.63) is 35.9 Å². The lowest BCUT2D eigenvalue weighted by atomic mass is 9.87. The molecule has 0 saturated carbocycles. The summed E-state index contributed by atoms with van der Waals surface area (Å²) in [7, 11) is 0. The van der Waals surface area contributed by atoms with Crippen LogP contribution in [0.2, 0.25) is 0 Å². The molecule has 0 bridgehead atoms. The van der Waals surface area contributed by atoms with Crippen LogP contribution < -0.4 is 11.1 Å². The molecule has 0 aliphatic rings. The van der Waals surface area contributed by atoms with Crippen LogP contribution in [0.3, 0.4) is 0 Å². The van der Waals surface area contributed by atoms with Gasteiger partial charge in [-0.15, -0.1) is 0 Å². The molecule has 0 radical (unpaired) electrons. The molecule has 2 unspecified atom stereocenters. The number of carbonyl (C=O) groups is 2. The Balaban J connectivity index is 2.52. The van der Waals surface area contributed by atoms with Gasteiger partial charge in [-0.25, -0.2) is 0 Å². The summed E-state index contributed by atoms with van der Waals surface area (Å²) in [5.41, 5.74) is 5.86. The van der Waals surface area contributed by atoms with Gasteiger partial charge in [0.05, 0.1) is 11.5 Å². The van der Waals surface area contributed by atoms with Gasteiger partial charge in [0, 0.05) is 6.54 Å². The Kier molecular flexibility index (Phi) is 5.70. The van der Waals surface area contributed by atoms with E-state index in [1.54, 1.807) is 13.8 Å². The Hall–Kier alpha value is -1.88. The average Bonchev–Trinajstić information content (AvgIpc) is 2.45. The molecular weight excluding hydrogens is 256 g/mol. The maximum Gasteiger partial charge on any atom is 0.311 e. The number of nitrogens with two attached hydrogens (primary N) is 1. The molecule has 4 N–H and O–H groups in total. The molecule has 0 aromatic heterocycles. The van der Waals surface area contributed by atoms with E-state index in [0.29, 0.717) is 12.8 Å². The molecule has 0 heterocycles. The first-order valence-corrected chi connectivity index (χ1v) is 6.69. The van der Waals surface area contributed by atoms with E-state index in [1.807, 2.05) is 30.3 Å². The van der Waals surface area contributed by atoms with E-state index in [4.69, 9.17) is 10.8 Å². The fourth-order valence-corrected chi connectivity index (χ4v) is 1.73. The Morgan fingerprint density at radius 3 is 2.45 bits per heavy atom. The number of hydrogen-bond acceptors (Lipinski definition) is 3. The molecule has 2 atom stereocenters. The lowest BCUT2D eigenvalue weighted by molar-refractivity contribution is -0.148. The zero-order valence-corrected chi connectivity index (χ0v) is 11.9. The van der Waals surface area contributed by atoms with Crippen LogP contribution in [0, 0.1) is 5.41 Å². The van der Waals surface area contributed by atoms with Gasteiger partial charge in [-0.05, 0) is 25.3 Å². The van der Waals surface area contributed by atoms with Gasteiger partial charge in [-0.2, -0.15) is 0 Å². The van der Waals surface area contributed by atoms with Gasteiger partial charge >= 0.3 is 5.97 Å². The first-order valence-electron chi connectivity index (χ1n) is 6.69. The van der Waals surface area contributed by atoms with Crippen LogP contribution in [-0.2, 0) is 16.0 Å². The molecule has 1 aromatic rings. The van der Waals surface area contributed by atoms with Crippen molar-refractivity contribution in [1.82, 2.24) is 5.32 Å². The summed E-state index contributed by atoms with van der Waals surface area (Å²) in [5, 5.41) is 11.8. The maximum absolute atomic E-state index is 11.9. The number of aliphatic carboxylic acids is 1. The van der Waals surface area contributed by atoms with Gasteiger partial charge in [0.15, 0.2) is 0 Å². The van der Waals surface area contributed by atoms with Crippen LogP contribution >= 0.6 is 0 Å². The first kappa shape index (κ1) is 16.2. The Labute approximate surface area is 119 Å². The lowest BCUT2D eigenvalue weighted by Crippen LogP contribution is -2.47. The Bertz CT molecular complexity index is 461. The third-order valence-electron chi connectivity index (χ3n) is 3.58. The van der Waals surface area contributed by atoms with E-state index in [2.05, 4.69) is 5.32 Å². The largest absolute Gasteiger partial charge is 0.481 e. The van der Waals surface area contributed by atoms with Crippen molar-refractivity contribution in [2.45, 2.75) is 32.7 Å². The normalized spacial score (nSPS) is 15.2. The van der Waals surface area contributed by atoms with Gasteiger partial charge < -0.3 is 16.2 Å². The second kappa shape index (κ2) is 7.05. The van der Waals surface area contributed by atoms with Crippen molar-refractivity contribution in [1.29, 1.82) is 0 Å². The molecule has 110 valence electrons. The van der Waals surface area contributed by atoms with Crippen LogP contribution in [0.5, 0.6) is 0 Å². The van der Waals surface area contributed by atoms with E-state index < -0.39 is 17.4 Å². The zero-order chi connectivity index (χ0) is 15.2. The van der Waals surface area contributed by atoms with Crippen molar-refractivity contribution in [3.63, 3.8) is 0 Å². The van der Waals surface area contributed by atoms with E-state index >= 15 is 0 Å². The summed E-state index contributed by atoms with van der Waals surface area (Å²) in [6.07, 6.45) is 0.874. The number of benzene rings is 1. The molecule has 0 spiro atoms. The van der Waals surface area contributed by atoms with Gasteiger partial charge in [0.2, 0.25) is 5.91 Å². The minimum atomic E-state index is -0.956. The maximum atomic E-state index is 11.9. The molecule has 0 aliphatic heterocycles. The highest BCUT2D eigenvalue weighted by molar-refractivity contribution is 5.83. The van der Waals surface area contributed by atoms with E-state index in [-0.39, 0.29) is 12.5 Å². The Morgan fingerprint density at radius 2 is 1.95 bits per heavy atom. The van der Waals surface area contributed by atoms with Crippen molar-refractivity contribution >= 4 is 11.9 Å². The summed E-state index contributed by atoms with van der Waals surface area (Å²) in [6, 6.07) is 8.81. The number of hydrogen-bond donors (Lipinski definition) is 3. The third-order valence-corrected chi connectivity index (χ3v) is 3.58. The number of carboxylic acid groups (broad SMARTS) is 1. The van der Waals surface area contributed by atoms with Crippen LogP contribution in [-0.4, -0.2) is 29.6 Å². The van der Waals surface area contributed by atoms with E-state index in [0.717, 1.165) is 5.56 Å². The average molecular weight is 278 g/mol. The summed E-state index contributed by atoms with van der Waals surface area (Å²) in [5.74, 6) is -1.24. The molecule has 5 nitrogen and oxygen atoms in total. The predicted octanol–water partition coefficient (Wildman–Crippen LogP) is 1.17. The highest BCUT2D eigenvalue weighted by atomic mass is 16.4. The first-order chi connectivity index (χ1) is 9.39. The van der Waals surface area contributed by atoms with Crippen molar-refractivity contribution in [2.24, 2.45) is 11.1 Å². The number of rotatable bonds is 7. The molecule has 0 aliphatic carbocycles. The second-order valence-corrected chi connectivity index (χ2v) is 5.23. The summed E-state index contributed by atoms with van der Waals surface area (Å²) >= 11 is 0. The topological polar surface area (TPSA) is 92.4 Å². The molecule has 5 heteroatoms. The highest BCUT2D eigenvalue weighted by Gasteiger charge is 2.31. The molecule has 1 aromatic carbocycles. The highest BCUT2D eigenvalue weighted by Crippen LogP contribution is 2.19. The standard InChI is InChI=1S/C15H22N2O3/c1-3-15(2,14(19)20)10-17-13(18)12(16)9-11-7-5-4-6-8-11/h4-8,12H,3,9-10,16H2,1-2H3,(H,17,18)(H,19,20). The number of nitrogens with one attached hydrogen (secondary N) is 1. The SMILES string of the molecule is CCC(C)(CNC(=O)C(N)Cc1ccccc1)C(=O)O. The summed E-state index contributed by atoms with van der Waals surface area (Å²) < 4.78 is 0. The molecular formula is C15H22N2O3. The number of amides is 1. The van der Waals surface area contributed by atoms with Crippen molar-refractivity contribution in [3.8, 4) is 0 Å². The fraction of sp³-hybridized carbons (Fsp3) is 0.467. The monoisotopic (exact) mass is 278 g/mol. The van der Waals surface area contributed by atoms with Crippen LogP contribution in [0.4, 0.5) is 0 Å².